The van der Waals surface area contributed by atoms with Crippen LogP contribution in [0.1, 0.15) is 24.7 Å². The number of ether oxygens (including phenoxy) is 1. The molecule has 0 aliphatic rings. The summed E-state index contributed by atoms with van der Waals surface area (Å²) in [4.78, 5) is 14.8. The van der Waals surface area contributed by atoms with Gasteiger partial charge >= 0.3 is 5.97 Å². The average Bonchev–Trinajstić information content (AvgIpc) is 2.21. The molecule has 0 bridgehead atoms. The van der Waals surface area contributed by atoms with Gasteiger partial charge in [-0.15, -0.1) is 0 Å². The van der Waals surface area contributed by atoms with Gasteiger partial charge < -0.3 is 10.5 Å². The van der Waals surface area contributed by atoms with Crippen LogP contribution < -0.4 is 5.73 Å². The van der Waals surface area contributed by atoms with Crippen LogP contribution in [0.4, 0.5) is 14.5 Å². The smallest absolute Gasteiger partial charge is 0.311 e. The maximum absolute atomic E-state index is 12.3. The van der Waals surface area contributed by atoms with Crippen molar-refractivity contribution < 1.29 is 18.3 Å². The molecule has 2 N–H and O–H groups in total. The third-order valence-corrected chi connectivity index (χ3v) is 1.87. The molecule has 0 atom stereocenters. The van der Waals surface area contributed by atoms with Crippen LogP contribution in [0.25, 0.3) is 0 Å². The number of carbonyl (C=O) groups excluding carboxylic acids is 1. The third-order valence-electron chi connectivity index (χ3n) is 1.87. The van der Waals surface area contributed by atoms with Gasteiger partial charge in [0.2, 0.25) is 0 Å². The van der Waals surface area contributed by atoms with Crippen LogP contribution >= 0.6 is 0 Å². The number of anilines is 1. The second-order valence-corrected chi connectivity index (χ2v) is 3.05. The minimum Gasteiger partial charge on any atom is -0.466 e. The Kier molecular flexibility index (Phi) is 4.16. The Bertz CT molecular complexity index is 383. The minimum absolute atomic E-state index is 0.122. The zero-order chi connectivity index (χ0) is 12.1. The molecule has 88 valence electrons. The Morgan fingerprint density at radius 1 is 1.56 bits per heavy atom. The summed E-state index contributed by atoms with van der Waals surface area (Å²) in [6, 6.07) is 2.44. The van der Waals surface area contributed by atoms with Crippen LogP contribution in [0.2, 0.25) is 0 Å². The number of nitrogens with zero attached hydrogens (tertiary/aromatic N) is 1. The SMILES string of the molecule is CCOC(=O)Cc1nc(C(F)F)ccc1N. The minimum atomic E-state index is -2.68. The lowest BCUT2D eigenvalue weighted by Crippen LogP contribution is -2.11. The summed E-state index contributed by atoms with van der Waals surface area (Å²) in [6.45, 7) is 1.89. The van der Waals surface area contributed by atoms with Crippen LogP contribution in [0.3, 0.4) is 0 Å². The summed E-state index contributed by atoms with van der Waals surface area (Å²) < 4.78 is 29.4. The van der Waals surface area contributed by atoms with Crippen LogP contribution in [0.5, 0.6) is 0 Å². The Labute approximate surface area is 91.4 Å². The topological polar surface area (TPSA) is 65.2 Å². The van der Waals surface area contributed by atoms with Crippen molar-refractivity contribution in [3.8, 4) is 0 Å². The Morgan fingerprint density at radius 3 is 2.81 bits per heavy atom. The molecule has 0 aliphatic carbocycles. The zero-order valence-corrected chi connectivity index (χ0v) is 8.74. The van der Waals surface area contributed by atoms with E-state index < -0.39 is 18.1 Å². The number of nitrogen functional groups attached to an aromatic ring is 1. The predicted octanol–water partition coefficient (Wildman–Crippen LogP) is 1.71. The summed E-state index contributed by atoms with van der Waals surface area (Å²) >= 11 is 0. The molecule has 0 radical (unpaired) electrons. The van der Waals surface area contributed by atoms with Crippen LogP contribution in [-0.2, 0) is 16.0 Å². The molecule has 0 aromatic carbocycles. The maximum Gasteiger partial charge on any atom is 0.311 e. The van der Waals surface area contributed by atoms with Crippen molar-refractivity contribution >= 4 is 11.7 Å². The first-order valence-corrected chi connectivity index (χ1v) is 4.73. The number of halogens is 2. The second-order valence-electron chi connectivity index (χ2n) is 3.05. The van der Waals surface area contributed by atoms with Gasteiger partial charge in [-0.2, -0.15) is 0 Å². The molecule has 0 unspecified atom stereocenters. The number of rotatable bonds is 4. The number of aromatic nitrogens is 1. The fraction of sp³-hybridized carbons (Fsp3) is 0.400. The molecule has 0 amide bonds. The molecule has 0 saturated heterocycles. The lowest BCUT2D eigenvalue weighted by molar-refractivity contribution is -0.142. The monoisotopic (exact) mass is 230 g/mol. The molecule has 0 spiro atoms. The van der Waals surface area contributed by atoms with Crippen molar-refractivity contribution in [2.24, 2.45) is 0 Å². The molecular weight excluding hydrogens is 218 g/mol. The largest absolute Gasteiger partial charge is 0.466 e. The number of hydrogen-bond donors (Lipinski definition) is 1. The molecule has 16 heavy (non-hydrogen) atoms. The summed E-state index contributed by atoms with van der Waals surface area (Å²) in [7, 11) is 0. The van der Waals surface area contributed by atoms with Crippen LogP contribution in [0, 0.1) is 0 Å². The maximum atomic E-state index is 12.3. The number of pyridine rings is 1. The Morgan fingerprint density at radius 2 is 2.25 bits per heavy atom. The number of alkyl halides is 2. The predicted molar refractivity (Wildman–Crippen MR) is 53.9 cm³/mol. The molecule has 1 aromatic rings. The highest BCUT2D eigenvalue weighted by molar-refractivity contribution is 5.73. The van der Waals surface area contributed by atoms with Gasteiger partial charge in [-0.25, -0.2) is 13.8 Å². The number of carbonyl (C=O) groups is 1. The van der Waals surface area contributed by atoms with Gasteiger partial charge in [0.25, 0.3) is 6.43 Å². The van der Waals surface area contributed by atoms with Gasteiger partial charge in [0.15, 0.2) is 0 Å². The van der Waals surface area contributed by atoms with Crippen molar-refractivity contribution in [3.63, 3.8) is 0 Å². The lowest BCUT2D eigenvalue weighted by Gasteiger charge is -2.06. The highest BCUT2D eigenvalue weighted by Crippen LogP contribution is 2.19. The molecule has 1 heterocycles. The van der Waals surface area contributed by atoms with Gasteiger partial charge in [0.1, 0.15) is 5.69 Å². The van der Waals surface area contributed by atoms with Gasteiger partial charge in [-0.3, -0.25) is 4.79 Å². The van der Waals surface area contributed by atoms with E-state index in [-0.39, 0.29) is 24.4 Å². The van der Waals surface area contributed by atoms with E-state index in [1.807, 2.05) is 0 Å². The second kappa shape index (κ2) is 5.39. The summed E-state index contributed by atoms with van der Waals surface area (Å²) in [5, 5.41) is 0. The molecular formula is C10H12F2N2O2. The molecule has 1 rings (SSSR count). The summed E-state index contributed by atoms with van der Waals surface area (Å²) in [5.74, 6) is -0.534. The fourth-order valence-electron chi connectivity index (χ4n) is 1.14. The van der Waals surface area contributed by atoms with E-state index in [4.69, 9.17) is 5.73 Å². The van der Waals surface area contributed by atoms with E-state index in [0.29, 0.717) is 0 Å². The van der Waals surface area contributed by atoms with E-state index in [0.717, 1.165) is 6.07 Å². The van der Waals surface area contributed by atoms with Crippen LogP contribution in [-0.4, -0.2) is 17.6 Å². The first kappa shape index (κ1) is 12.4. The average molecular weight is 230 g/mol. The van der Waals surface area contributed by atoms with Gasteiger partial charge in [-0.05, 0) is 19.1 Å². The Hall–Kier alpha value is -1.72. The Balaban J connectivity index is 2.86. The fourth-order valence-corrected chi connectivity index (χ4v) is 1.14. The highest BCUT2D eigenvalue weighted by Gasteiger charge is 2.14. The van der Waals surface area contributed by atoms with Crippen molar-refractivity contribution in [1.29, 1.82) is 0 Å². The number of esters is 1. The zero-order valence-electron chi connectivity index (χ0n) is 8.74. The standard InChI is InChI=1S/C10H12F2N2O2/c1-2-16-9(15)5-8-6(13)3-4-7(14-8)10(11)12/h3-4,10H,2,5,13H2,1H3. The molecule has 0 fully saturated rings. The third kappa shape index (κ3) is 3.15. The number of hydrogen-bond acceptors (Lipinski definition) is 4. The normalized spacial score (nSPS) is 10.5. The van der Waals surface area contributed by atoms with E-state index in [2.05, 4.69) is 9.72 Å². The molecule has 0 aliphatic heterocycles. The van der Waals surface area contributed by atoms with Crippen molar-refractivity contribution in [2.75, 3.05) is 12.3 Å². The van der Waals surface area contributed by atoms with E-state index in [1.165, 1.54) is 6.07 Å². The molecule has 6 heteroatoms. The van der Waals surface area contributed by atoms with Gasteiger partial charge in [-0.1, -0.05) is 0 Å². The van der Waals surface area contributed by atoms with Crippen molar-refractivity contribution in [3.05, 3.63) is 23.5 Å². The number of nitrogens with two attached hydrogens (primary N) is 1. The van der Waals surface area contributed by atoms with E-state index in [9.17, 15) is 13.6 Å². The van der Waals surface area contributed by atoms with E-state index in [1.54, 1.807) is 6.92 Å². The van der Waals surface area contributed by atoms with Crippen molar-refractivity contribution in [1.82, 2.24) is 4.98 Å². The van der Waals surface area contributed by atoms with E-state index >= 15 is 0 Å². The highest BCUT2D eigenvalue weighted by atomic mass is 19.3. The van der Waals surface area contributed by atoms with Crippen molar-refractivity contribution in [2.45, 2.75) is 19.8 Å². The molecule has 4 nitrogen and oxygen atoms in total. The molecule has 0 saturated carbocycles. The summed E-state index contributed by atoms with van der Waals surface area (Å²) in [6.07, 6.45) is -2.87. The van der Waals surface area contributed by atoms with Gasteiger partial charge in [0, 0.05) is 0 Å². The quantitative estimate of drug-likeness (QED) is 0.799. The lowest BCUT2D eigenvalue weighted by atomic mass is 10.2. The van der Waals surface area contributed by atoms with Crippen LogP contribution in [0.15, 0.2) is 12.1 Å². The first-order chi connectivity index (χ1) is 7.54. The molecule has 1 aromatic heterocycles. The summed E-state index contributed by atoms with van der Waals surface area (Å²) in [5.41, 5.74) is 5.45. The van der Waals surface area contributed by atoms with Gasteiger partial charge in [0.05, 0.1) is 24.4 Å². The first-order valence-electron chi connectivity index (χ1n) is 4.73.